The monoisotopic (exact) mass is 323 g/mol. The molecular formula is C19H19N2OS+. The van der Waals surface area contributed by atoms with Gasteiger partial charge in [0, 0.05) is 11.6 Å². The predicted molar refractivity (Wildman–Crippen MR) is 94.3 cm³/mol. The summed E-state index contributed by atoms with van der Waals surface area (Å²) < 4.78 is 7.30. The Bertz CT molecular complexity index is 799. The van der Waals surface area contributed by atoms with Crippen LogP contribution < -0.4 is 9.30 Å². The molecule has 116 valence electrons. The number of methoxy groups -OCH3 is 1. The number of hydrogen-bond donors (Lipinski definition) is 0. The van der Waals surface area contributed by atoms with Gasteiger partial charge in [0.15, 0.2) is 5.69 Å². The second kappa shape index (κ2) is 6.84. The molecule has 0 spiro atoms. The average Bonchev–Trinajstić information content (AvgIpc) is 2.62. The quantitative estimate of drug-likeness (QED) is 0.411. The van der Waals surface area contributed by atoms with Gasteiger partial charge in [0.2, 0.25) is 0 Å². The lowest BCUT2D eigenvalue weighted by molar-refractivity contribution is -0.640. The Labute approximate surface area is 141 Å². The fourth-order valence-corrected chi connectivity index (χ4v) is 2.92. The molecule has 3 aromatic rings. The zero-order valence-corrected chi connectivity index (χ0v) is 14.3. The summed E-state index contributed by atoms with van der Waals surface area (Å²) in [6.07, 6.45) is 4.11. The fraction of sp³-hybridized carbons (Fsp3) is 0.158. The van der Waals surface area contributed by atoms with E-state index in [1.54, 1.807) is 18.9 Å². The van der Waals surface area contributed by atoms with Crippen molar-refractivity contribution in [1.29, 1.82) is 0 Å². The van der Waals surface area contributed by atoms with Gasteiger partial charge in [-0.15, -0.1) is 0 Å². The number of aryl methyl sites for hydroxylation is 1. The van der Waals surface area contributed by atoms with Crippen LogP contribution in [0.15, 0.2) is 66.0 Å². The van der Waals surface area contributed by atoms with Crippen molar-refractivity contribution in [2.75, 3.05) is 13.4 Å². The molecular weight excluding hydrogens is 304 g/mol. The summed E-state index contributed by atoms with van der Waals surface area (Å²) in [4.78, 5) is 4.80. The summed E-state index contributed by atoms with van der Waals surface area (Å²) in [5.74, 6) is 0.851. The third-order valence-electron chi connectivity index (χ3n) is 3.68. The lowest BCUT2D eigenvalue weighted by Crippen LogP contribution is -2.34. The number of nitrogens with zero attached hydrogens (tertiary/aromatic N) is 2. The van der Waals surface area contributed by atoms with Gasteiger partial charge in [-0.05, 0) is 54.2 Å². The molecule has 0 saturated carbocycles. The number of benzene rings is 2. The maximum Gasteiger partial charge on any atom is 0.364 e. The standard InChI is InChI=1S/C19H19N2OS/c1-14-4-6-15(7-5-14)18-12-13-21(19(20-18)23-3)16-8-10-17(22-2)11-9-16/h4-13H,1-3H3/q+1. The molecule has 4 heteroatoms. The van der Waals surface area contributed by atoms with Crippen molar-refractivity contribution in [3.05, 3.63) is 66.4 Å². The molecule has 0 unspecified atom stereocenters. The van der Waals surface area contributed by atoms with E-state index < -0.39 is 0 Å². The van der Waals surface area contributed by atoms with Gasteiger partial charge in [-0.25, -0.2) is 0 Å². The van der Waals surface area contributed by atoms with Crippen LogP contribution in [0.3, 0.4) is 0 Å². The van der Waals surface area contributed by atoms with Gasteiger partial charge in [-0.2, -0.15) is 4.57 Å². The number of thioether (sulfide) groups is 1. The van der Waals surface area contributed by atoms with Crippen molar-refractivity contribution in [2.45, 2.75) is 12.1 Å². The number of ether oxygens (including phenoxy) is 1. The minimum atomic E-state index is 0.851. The molecule has 0 bridgehead atoms. The summed E-state index contributed by atoms with van der Waals surface area (Å²) in [5, 5.41) is 0.952. The maximum atomic E-state index is 5.22. The Morgan fingerprint density at radius 2 is 1.65 bits per heavy atom. The molecule has 0 atom stereocenters. The van der Waals surface area contributed by atoms with Crippen molar-refractivity contribution in [3.8, 4) is 22.7 Å². The van der Waals surface area contributed by atoms with E-state index in [4.69, 9.17) is 9.72 Å². The highest BCUT2D eigenvalue weighted by Crippen LogP contribution is 2.20. The van der Waals surface area contributed by atoms with Crippen LogP contribution in [-0.2, 0) is 0 Å². The van der Waals surface area contributed by atoms with E-state index in [0.29, 0.717) is 0 Å². The zero-order valence-electron chi connectivity index (χ0n) is 13.5. The van der Waals surface area contributed by atoms with Gasteiger partial charge in [0.1, 0.15) is 17.6 Å². The van der Waals surface area contributed by atoms with Crippen LogP contribution in [0.25, 0.3) is 16.9 Å². The van der Waals surface area contributed by atoms with Crippen molar-refractivity contribution in [1.82, 2.24) is 4.98 Å². The Hall–Kier alpha value is -2.33. The van der Waals surface area contributed by atoms with E-state index in [2.05, 4.69) is 48.0 Å². The smallest absolute Gasteiger partial charge is 0.364 e. The number of hydrogen-bond acceptors (Lipinski definition) is 3. The molecule has 0 saturated heterocycles. The highest BCUT2D eigenvalue weighted by Gasteiger charge is 2.16. The SMILES string of the molecule is COc1ccc(-[n+]2ccc(-c3ccc(C)cc3)nc2SC)cc1. The normalized spacial score (nSPS) is 10.6. The van der Waals surface area contributed by atoms with E-state index in [1.165, 1.54) is 5.56 Å². The van der Waals surface area contributed by atoms with Crippen LogP contribution in [0.4, 0.5) is 0 Å². The second-order valence-corrected chi connectivity index (χ2v) is 6.01. The van der Waals surface area contributed by atoms with E-state index in [0.717, 1.165) is 27.9 Å². The van der Waals surface area contributed by atoms with E-state index in [1.807, 2.05) is 30.5 Å². The second-order valence-electron chi connectivity index (χ2n) is 5.23. The van der Waals surface area contributed by atoms with Gasteiger partial charge in [-0.3, -0.25) is 0 Å². The van der Waals surface area contributed by atoms with Gasteiger partial charge in [0.05, 0.1) is 7.11 Å². The van der Waals surface area contributed by atoms with E-state index >= 15 is 0 Å². The molecule has 0 N–H and O–H groups in total. The summed E-state index contributed by atoms with van der Waals surface area (Å²) >= 11 is 1.63. The van der Waals surface area contributed by atoms with Gasteiger partial charge in [-0.1, -0.05) is 29.8 Å². The van der Waals surface area contributed by atoms with Crippen molar-refractivity contribution in [2.24, 2.45) is 0 Å². The third-order valence-corrected chi connectivity index (χ3v) is 4.34. The highest BCUT2D eigenvalue weighted by molar-refractivity contribution is 7.98. The average molecular weight is 323 g/mol. The molecule has 0 aliphatic heterocycles. The Balaban J connectivity index is 2.00. The zero-order chi connectivity index (χ0) is 16.2. The van der Waals surface area contributed by atoms with Crippen LogP contribution in [0.1, 0.15) is 5.56 Å². The van der Waals surface area contributed by atoms with Crippen LogP contribution in [0.5, 0.6) is 5.75 Å². The molecule has 23 heavy (non-hydrogen) atoms. The minimum Gasteiger partial charge on any atom is -0.497 e. The lowest BCUT2D eigenvalue weighted by atomic mass is 10.1. The van der Waals surface area contributed by atoms with E-state index in [9.17, 15) is 0 Å². The van der Waals surface area contributed by atoms with E-state index in [-0.39, 0.29) is 0 Å². The first-order chi connectivity index (χ1) is 11.2. The van der Waals surface area contributed by atoms with Crippen molar-refractivity contribution >= 4 is 11.8 Å². The third kappa shape index (κ3) is 3.37. The first kappa shape index (κ1) is 15.6. The highest BCUT2D eigenvalue weighted by atomic mass is 32.2. The van der Waals surface area contributed by atoms with Crippen LogP contribution in [0.2, 0.25) is 0 Å². The largest absolute Gasteiger partial charge is 0.497 e. The number of aromatic nitrogens is 2. The summed E-state index contributed by atoms with van der Waals surface area (Å²) in [7, 11) is 1.67. The Kier molecular flexibility index (Phi) is 4.63. The van der Waals surface area contributed by atoms with Crippen LogP contribution in [-0.4, -0.2) is 18.3 Å². The summed E-state index contributed by atoms with van der Waals surface area (Å²) in [6.45, 7) is 2.09. The van der Waals surface area contributed by atoms with Crippen LogP contribution in [0, 0.1) is 6.92 Å². The lowest BCUT2D eigenvalue weighted by Gasteiger charge is -2.05. The molecule has 0 amide bonds. The summed E-state index contributed by atoms with van der Waals surface area (Å²) in [6, 6.07) is 18.5. The molecule has 0 aliphatic rings. The molecule has 1 aromatic heterocycles. The first-order valence-electron chi connectivity index (χ1n) is 7.39. The Morgan fingerprint density at radius 3 is 2.26 bits per heavy atom. The Morgan fingerprint density at radius 1 is 0.957 bits per heavy atom. The molecule has 3 nitrogen and oxygen atoms in total. The molecule has 1 heterocycles. The molecule has 0 fully saturated rings. The van der Waals surface area contributed by atoms with Gasteiger partial charge in [0.25, 0.3) is 0 Å². The predicted octanol–water partition coefficient (Wildman–Crippen LogP) is 4.06. The fourth-order valence-electron chi connectivity index (χ4n) is 2.37. The van der Waals surface area contributed by atoms with Crippen LogP contribution >= 0.6 is 11.8 Å². The van der Waals surface area contributed by atoms with Crippen molar-refractivity contribution in [3.63, 3.8) is 0 Å². The summed E-state index contributed by atoms with van der Waals surface area (Å²) in [5.41, 5.74) is 4.44. The topological polar surface area (TPSA) is 26.0 Å². The molecule has 0 radical (unpaired) electrons. The molecule has 0 aliphatic carbocycles. The molecule has 3 rings (SSSR count). The van der Waals surface area contributed by atoms with Gasteiger partial charge < -0.3 is 4.74 Å². The molecule has 2 aromatic carbocycles. The van der Waals surface area contributed by atoms with Crippen molar-refractivity contribution < 1.29 is 9.30 Å². The maximum absolute atomic E-state index is 5.22. The number of rotatable bonds is 4. The minimum absolute atomic E-state index is 0.851. The van der Waals surface area contributed by atoms with Gasteiger partial charge >= 0.3 is 5.16 Å². The first-order valence-corrected chi connectivity index (χ1v) is 8.62.